The number of carbonyl (C=O) groups is 1. The van der Waals surface area contributed by atoms with E-state index in [1.165, 1.54) is 18.2 Å². The van der Waals surface area contributed by atoms with Crippen LogP contribution in [0.2, 0.25) is 0 Å². The van der Waals surface area contributed by atoms with Gasteiger partial charge in [0.2, 0.25) is 15.9 Å². The maximum absolute atomic E-state index is 12.9. The molecule has 1 amide bonds. The van der Waals surface area contributed by atoms with Crippen LogP contribution in [-0.2, 0) is 21.4 Å². The van der Waals surface area contributed by atoms with Gasteiger partial charge in [-0.2, -0.15) is 0 Å². The van der Waals surface area contributed by atoms with Crippen LogP contribution in [0.15, 0.2) is 78.9 Å². The SMILES string of the molecule is CS(=O)(=O)Nc1ccc(/C=C/C(=O)NCc2ccc(Oc3ccc(F)cc3)cc2)cc1. The molecule has 0 unspecified atom stereocenters. The Kier molecular flexibility index (Phi) is 7.04. The minimum Gasteiger partial charge on any atom is -0.457 e. The monoisotopic (exact) mass is 440 g/mol. The fourth-order valence-corrected chi connectivity index (χ4v) is 3.17. The fraction of sp³-hybridized carbons (Fsp3) is 0.0870. The van der Waals surface area contributed by atoms with Crippen molar-refractivity contribution in [2.45, 2.75) is 6.54 Å². The molecule has 6 nitrogen and oxygen atoms in total. The van der Waals surface area contributed by atoms with Crippen LogP contribution in [-0.4, -0.2) is 20.6 Å². The summed E-state index contributed by atoms with van der Waals surface area (Å²) in [6.07, 6.45) is 4.13. The summed E-state index contributed by atoms with van der Waals surface area (Å²) in [6.45, 7) is 0.344. The van der Waals surface area contributed by atoms with Gasteiger partial charge in [-0.3, -0.25) is 9.52 Å². The van der Waals surface area contributed by atoms with Crippen LogP contribution in [0.5, 0.6) is 11.5 Å². The van der Waals surface area contributed by atoms with Crippen molar-refractivity contribution in [2.75, 3.05) is 11.0 Å². The zero-order chi connectivity index (χ0) is 22.3. The second kappa shape index (κ2) is 9.90. The molecule has 0 bridgehead atoms. The van der Waals surface area contributed by atoms with E-state index < -0.39 is 10.0 Å². The molecule has 0 fully saturated rings. The molecule has 31 heavy (non-hydrogen) atoms. The van der Waals surface area contributed by atoms with Gasteiger partial charge in [0.1, 0.15) is 17.3 Å². The minimum absolute atomic E-state index is 0.259. The number of hydrogen-bond acceptors (Lipinski definition) is 4. The summed E-state index contributed by atoms with van der Waals surface area (Å²) in [5.74, 6) is 0.557. The van der Waals surface area contributed by atoms with Gasteiger partial charge in [0.25, 0.3) is 0 Å². The van der Waals surface area contributed by atoms with Gasteiger partial charge >= 0.3 is 0 Å². The first-order chi connectivity index (χ1) is 14.8. The second-order valence-electron chi connectivity index (χ2n) is 6.75. The number of anilines is 1. The van der Waals surface area contributed by atoms with E-state index in [1.54, 1.807) is 54.6 Å². The maximum atomic E-state index is 12.9. The van der Waals surface area contributed by atoms with Gasteiger partial charge in [0, 0.05) is 18.3 Å². The summed E-state index contributed by atoms with van der Waals surface area (Å²) in [6, 6.07) is 19.6. The standard InChI is InChI=1S/C23H21FN2O4S/c1-31(28,29)26-20-9-2-17(3-10-20)6-15-23(27)25-16-18-4-11-21(12-5-18)30-22-13-7-19(24)8-14-22/h2-15,26H,16H2,1H3,(H,25,27)/b15-6+. The number of ether oxygens (including phenoxy) is 1. The van der Waals surface area contributed by atoms with E-state index in [0.717, 1.165) is 17.4 Å². The largest absolute Gasteiger partial charge is 0.457 e. The van der Waals surface area contributed by atoms with Crippen LogP contribution in [0.4, 0.5) is 10.1 Å². The van der Waals surface area contributed by atoms with E-state index in [4.69, 9.17) is 4.74 Å². The number of halogens is 1. The molecule has 0 aliphatic carbocycles. The number of carbonyl (C=O) groups excluding carboxylic acids is 1. The van der Waals surface area contributed by atoms with Crippen LogP contribution in [0, 0.1) is 5.82 Å². The average molecular weight is 440 g/mol. The Balaban J connectivity index is 1.48. The molecule has 8 heteroatoms. The predicted octanol–water partition coefficient (Wildman–Crippen LogP) is 4.32. The zero-order valence-electron chi connectivity index (χ0n) is 16.7. The number of sulfonamides is 1. The number of nitrogens with one attached hydrogen (secondary N) is 2. The highest BCUT2D eigenvalue weighted by Gasteiger charge is 2.02. The number of rotatable bonds is 8. The Morgan fingerprint density at radius 1 is 0.935 bits per heavy atom. The summed E-state index contributed by atoms with van der Waals surface area (Å²) in [5, 5.41) is 2.79. The highest BCUT2D eigenvalue weighted by atomic mass is 32.2. The van der Waals surface area contributed by atoms with E-state index >= 15 is 0 Å². The first-order valence-electron chi connectivity index (χ1n) is 9.33. The van der Waals surface area contributed by atoms with Crippen molar-refractivity contribution in [3.63, 3.8) is 0 Å². The van der Waals surface area contributed by atoms with Gasteiger partial charge in [0.15, 0.2) is 0 Å². The summed E-state index contributed by atoms with van der Waals surface area (Å²) in [4.78, 5) is 12.0. The normalized spacial score (nSPS) is 11.3. The molecule has 2 N–H and O–H groups in total. The van der Waals surface area contributed by atoms with Crippen molar-refractivity contribution >= 4 is 27.7 Å². The van der Waals surface area contributed by atoms with E-state index in [9.17, 15) is 17.6 Å². The smallest absolute Gasteiger partial charge is 0.244 e. The molecule has 160 valence electrons. The lowest BCUT2D eigenvalue weighted by Crippen LogP contribution is -2.20. The molecule has 3 aromatic carbocycles. The minimum atomic E-state index is -3.32. The van der Waals surface area contributed by atoms with Gasteiger partial charge < -0.3 is 10.1 Å². The molecule has 0 saturated heterocycles. The first-order valence-corrected chi connectivity index (χ1v) is 11.2. The van der Waals surface area contributed by atoms with Crippen LogP contribution in [0.25, 0.3) is 6.08 Å². The summed E-state index contributed by atoms with van der Waals surface area (Å²) in [5.41, 5.74) is 2.11. The summed E-state index contributed by atoms with van der Waals surface area (Å²) in [7, 11) is -3.32. The highest BCUT2D eigenvalue weighted by Crippen LogP contribution is 2.21. The van der Waals surface area contributed by atoms with Crippen LogP contribution >= 0.6 is 0 Å². The molecule has 0 atom stereocenters. The molecule has 0 spiro atoms. The van der Waals surface area contributed by atoms with Gasteiger partial charge in [-0.25, -0.2) is 12.8 Å². The van der Waals surface area contributed by atoms with Crippen molar-refractivity contribution < 1.29 is 22.3 Å². The van der Waals surface area contributed by atoms with Crippen molar-refractivity contribution in [3.8, 4) is 11.5 Å². The summed E-state index contributed by atoms with van der Waals surface area (Å²) < 4.78 is 43.3. The first kappa shape index (κ1) is 22.0. The molecule has 3 aromatic rings. The topological polar surface area (TPSA) is 84.5 Å². The Labute approximate surface area is 180 Å². The molecule has 0 aliphatic rings. The number of amides is 1. The maximum Gasteiger partial charge on any atom is 0.244 e. The number of benzene rings is 3. The highest BCUT2D eigenvalue weighted by molar-refractivity contribution is 7.92. The molecule has 0 aliphatic heterocycles. The van der Waals surface area contributed by atoms with Gasteiger partial charge in [0.05, 0.1) is 6.26 Å². The molecule has 0 heterocycles. The lowest BCUT2D eigenvalue weighted by molar-refractivity contribution is -0.116. The molecular weight excluding hydrogens is 419 g/mol. The molecule has 0 radical (unpaired) electrons. The quantitative estimate of drug-likeness (QED) is 0.511. The molecule has 0 saturated carbocycles. The molecule has 0 aromatic heterocycles. The third-order valence-corrected chi connectivity index (χ3v) is 4.69. The second-order valence-corrected chi connectivity index (χ2v) is 8.50. The number of hydrogen-bond donors (Lipinski definition) is 2. The lowest BCUT2D eigenvalue weighted by Gasteiger charge is -2.07. The molecule has 3 rings (SSSR count). The van der Waals surface area contributed by atoms with Crippen molar-refractivity contribution in [1.82, 2.24) is 5.32 Å². The van der Waals surface area contributed by atoms with Crippen LogP contribution < -0.4 is 14.8 Å². The van der Waals surface area contributed by atoms with Gasteiger partial charge in [-0.1, -0.05) is 24.3 Å². The Morgan fingerprint density at radius 3 is 2.10 bits per heavy atom. The van der Waals surface area contributed by atoms with Crippen molar-refractivity contribution in [2.24, 2.45) is 0 Å². The third-order valence-electron chi connectivity index (χ3n) is 4.08. The van der Waals surface area contributed by atoms with E-state index in [2.05, 4.69) is 10.0 Å². The Bertz CT molecular complexity index is 1160. The van der Waals surface area contributed by atoms with Crippen LogP contribution in [0.3, 0.4) is 0 Å². The Hall–Kier alpha value is -3.65. The Morgan fingerprint density at radius 2 is 1.52 bits per heavy atom. The van der Waals surface area contributed by atoms with Crippen molar-refractivity contribution in [3.05, 3.63) is 95.8 Å². The van der Waals surface area contributed by atoms with Gasteiger partial charge in [-0.15, -0.1) is 0 Å². The third kappa shape index (κ3) is 7.60. The van der Waals surface area contributed by atoms with Gasteiger partial charge in [-0.05, 0) is 65.7 Å². The fourth-order valence-electron chi connectivity index (χ4n) is 2.61. The zero-order valence-corrected chi connectivity index (χ0v) is 17.5. The van der Waals surface area contributed by atoms with E-state index in [-0.39, 0.29) is 11.7 Å². The van der Waals surface area contributed by atoms with Crippen LogP contribution in [0.1, 0.15) is 11.1 Å². The van der Waals surface area contributed by atoms with Crippen molar-refractivity contribution in [1.29, 1.82) is 0 Å². The lowest BCUT2D eigenvalue weighted by atomic mass is 10.2. The average Bonchev–Trinajstić information content (AvgIpc) is 2.73. The van der Waals surface area contributed by atoms with E-state index in [1.807, 2.05) is 12.1 Å². The van der Waals surface area contributed by atoms with E-state index in [0.29, 0.717) is 23.7 Å². The molecular formula is C23H21FN2O4S. The predicted molar refractivity (Wildman–Crippen MR) is 119 cm³/mol. The summed E-state index contributed by atoms with van der Waals surface area (Å²) >= 11 is 0.